The highest BCUT2D eigenvalue weighted by Crippen LogP contribution is 2.45. The highest BCUT2D eigenvalue weighted by atomic mass is 35.5. The van der Waals surface area contributed by atoms with Gasteiger partial charge < -0.3 is 0 Å². The number of benzene rings is 2. The highest BCUT2D eigenvalue weighted by Gasteiger charge is 2.45. The van der Waals surface area contributed by atoms with E-state index in [1.165, 1.54) is 0 Å². The summed E-state index contributed by atoms with van der Waals surface area (Å²) in [6.07, 6.45) is 5.06. The van der Waals surface area contributed by atoms with Crippen molar-refractivity contribution < 1.29 is 8.42 Å². The molecule has 162 valence electrons. The molecule has 2 bridgehead atoms. The molecule has 2 aliphatic heterocycles. The molecule has 2 aliphatic rings. The van der Waals surface area contributed by atoms with Crippen LogP contribution in [0.25, 0.3) is 16.9 Å². The number of piperidine rings is 1. The van der Waals surface area contributed by atoms with Crippen molar-refractivity contribution in [3.8, 4) is 11.3 Å². The van der Waals surface area contributed by atoms with Crippen molar-refractivity contribution >= 4 is 27.3 Å². The first-order valence-corrected chi connectivity index (χ1v) is 12.6. The van der Waals surface area contributed by atoms with Gasteiger partial charge in [-0.05, 0) is 43.5 Å². The Bertz CT molecular complexity index is 1420. The number of nitrogens with zero attached hydrogens (tertiary/aromatic N) is 4. The van der Waals surface area contributed by atoms with Crippen LogP contribution in [-0.2, 0) is 16.4 Å². The average molecular weight is 465 g/mol. The second kappa shape index (κ2) is 7.40. The third kappa shape index (κ3) is 3.07. The lowest BCUT2D eigenvalue weighted by Gasteiger charge is -2.45. The fraction of sp³-hybridized carbons (Fsp3) is 0.250. The number of fused-ring (bicyclic) bond motifs is 6. The van der Waals surface area contributed by atoms with Crippen LogP contribution in [0.5, 0.6) is 0 Å². The summed E-state index contributed by atoms with van der Waals surface area (Å²) in [4.78, 5) is 4.93. The lowest BCUT2D eigenvalue weighted by atomic mass is 9.85. The largest absolute Gasteiger partial charge is 0.243 e. The van der Waals surface area contributed by atoms with Gasteiger partial charge in [0.15, 0.2) is 5.65 Å². The molecule has 1 fully saturated rings. The molecule has 1 saturated heterocycles. The maximum Gasteiger partial charge on any atom is 0.243 e. The number of sulfonamides is 1. The van der Waals surface area contributed by atoms with E-state index < -0.39 is 10.0 Å². The fourth-order valence-electron chi connectivity index (χ4n) is 5.08. The zero-order valence-corrected chi connectivity index (χ0v) is 18.8. The van der Waals surface area contributed by atoms with E-state index in [-0.39, 0.29) is 17.0 Å². The van der Waals surface area contributed by atoms with E-state index >= 15 is 0 Å². The van der Waals surface area contributed by atoms with Gasteiger partial charge in [-0.3, -0.25) is 0 Å². The number of halogens is 1. The van der Waals surface area contributed by atoms with E-state index in [2.05, 4.69) is 4.98 Å². The van der Waals surface area contributed by atoms with E-state index in [4.69, 9.17) is 16.7 Å². The van der Waals surface area contributed by atoms with Gasteiger partial charge in [0, 0.05) is 40.9 Å². The highest BCUT2D eigenvalue weighted by molar-refractivity contribution is 7.89. The van der Waals surface area contributed by atoms with Gasteiger partial charge in [0.1, 0.15) is 0 Å². The maximum absolute atomic E-state index is 13.6. The lowest BCUT2D eigenvalue weighted by Crippen LogP contribution is -2.50. The smallest absolute Gasteiger partial charge is 0.237 e. The van der Waals surface area contributed by atoms with Gasteiger partial charge in [0.2, 0.25) is 10.0 Å². The molecular formula is C24H21ClN4O2S. The molecule has 4 heterocycles. The van der Waals surface area contributed by atoms with E-state index in [1.54, 1.807) is 28.6 Å². The van der Waals surface area contributed by atoms with E-state index in [9.17, 15) is 8.42 Å². The summed E-state index contributed by atoms with van der Waals surface area (Å²) >= 11 is 5.99. The zero-order chi connectivity index (χ0) is 21.9. The van der Waals surface area contributed by atoms with Gasteiger partial charge in [-0.2, -0.15) is 9.40 Å². The Labute approximate surface area is 191 Å². The monoisotopic (exact) mass is 464 g/mol. The molecule has 6 nitrogen and oxygen atoms in total. The van der Waals surface area contributed by atoms with Crippen LogP contribution in [0, 0.1) is 0 Å². The molecule has 0 aliphatic carbocycles. The summed E-state index contributed by atoms with van der Waals surface area (Å²) in [5.74, 6) is 0. The molecule has 4 aromatic rings. The van der Waals surface area contributed by atoms with Crippen molar-refractivity contribution in [2.45, 2.75) is 42.7 Å². The Morgan fingerprint density at radius 3 is 2.56 bits per heavy atom. The minimum absolute atomic E-state index is 0.100. The summed E-state index contributed by atoms with van der Waals surface area (Å²) in [5.41, 5.74) is 4.71. The summed E-state index contributed by atoms with van der Waals surface area (Å²) in [6.45, 7) is 0. The van der Waals surface area contributed by atoms with Gasteiger partial charge >= 0.3 is 0 Å². The molecule has 2 aromatic carbocycles. The molecule has 32 heavy (non-hydrogen) atoms. The summed E-state index contributed by atoms with van der Waals surface area (Å²) < 4.78 is 30.8. The number of rotatable bonds is 3. The Morgan fingerprint density at radius 1 is 1.00 bits per heavy atom. The number of hydrogen-bond acceptors (Lipinski definition) is 4. The molecule has 2 aromatic heterocycles. The summed E-state index contributed by atoms with van der Waals surface area (Å²) in [5, 5.41) is 5.37. The lowest BCUT2D eigenvalue weighted by molar-refractivity contribution is 0.159. The second-order valence-electron chi connectivity index (χ2n) is 8.42. The quantitative estimate of drug-likeness (QED) is 0.433. The van der Waals surface area contributed by atoms with Crippen molar-refractivity contribution in [2.75, 3.05) is 0 Å². The fourth-order valence-corrected chi connectivity index (χ4v) is 7.06. The molecule has 0 saturated carbocycles. The first-order valence-electron chi connectivity index (χ1n) is 10.7. The predicted molar refractivity (Wildman–Crippen MR) is 123 cm³/mol. The van der Waals surface area contributed by atoms with E-state index in [0.717, 1.165) is 47.4 Å². The van der Waals surface area contributed by atoms with Gasteiger partial charge in [0.25, 0.3) is 0 Å². The van der Waals surface area contributed by atoms with Gasteiger partial charge in [-0.25, -0.2) is 17.9 Å². The van der Waals surface area contributed by atoms with Crippen LogP contribution >= 0.6 is 11.6 Å². The van der Waals surface area contributed by atoms with Crippen LogP contribution in [-0.4, -0.2) is 33.4 Å². The Balaban J connectivity index is 1.46. The first kappa shape index (κ1) is 19.9. The van der Waals surface area contributed by atoms with Crippen molar-refractivity contribution in [1.82, 2.24) is 18.9 Å². The van der Waals surface area contributed by atoms with Gasteiger partial charge in [-0.15, -0.1) is 0 Å². The van der Waals surface area contributed by atoms with Gasteiger partial charge in [-0.1, -0.05) is 41.9 Å². The standard InChI is InChI=1S/C24H21ClN4O2S/c25-17-9-11-19(12-10-17)32(30,31)29-18-7-4-8-22(29)20-15-26-24-14-21(16-5-2-1-3-6-16)27-28(24)23(20)13-18/h1-3,5-6,9-12,14-15,18,22H,4,7-8,13H2. The van der Waals surface area contributed by atoms with Crippen molar-refractivity contribution in [3.63, 3.8) is 0 Å². The SMILES string of the molecule is O=S(=O)(c1ccc(Cl)cc1)N1C2CCCC1c1cnc3cc(-c4ccccc4)nn3c1C2. The summed E-state index contributed by atoms with van der Waals surface area (Å²) in [7, 11) is -3.65. The molecule has 0 amide bonds. The van der Waals surface area contributed by atoms with Crippen LogP contribution in [0.1, 0.15) is 36.6 Å². The predicted octanol–water partition coefficient (Wildman–Crippen LogP) is 4.89. The average Bonchev–Trinajstić information content (AvgIpc) is 3.24. The Hall–Kier alpha value is -2.74. The maximum atomic E-state index is 13.6. The first-order chi connectivity index (χ1) is 15.5. The second-order valence-corrected chi connectivity index (χ2v) is 10.7. The van der Waals surface area contributed by atoms with Gasteiger partial charge in [0.05, 0.1) is 22.3 Å². The molecule has 8 heteroatoms. The van der Waals surface area contributed by atoms with E-state index in [1.807, 2.05) is 47.1 Å². The van der Waals surface area contributed by atoms with E-state index in [0.29, 0.717) is 11.4 Å². The third-order valence-corrected chi connectivity index (χ3v) is 8.77. The van der Waals surface area contributed by atoms with Crippen molar-refractivity contribution in [3.05, 3.63) is 83.1 Å². The Morgan fingerprint density at radius 2 is 1.78 bits per heavy atom. The van der Waals surface area contributed by atoms with Crippen LogP contribution in [0.4, 0.5) is 0 Å². The van der Waals surface area contributed by atoms with Crippen molar-refractivity contribution in [1.29, 1.82) is 0 Å². The molecule has 2 atom stereocenters. The van der Waals surface area contributed by atoms with Crippen molar-refractivity contribution in [2.24, 2.45) is 0 Å². The summed E-state index contributed by atoms with van der Waals surface area (Å²) in [6, 6.07) is 18.1. The molecule has 0 N–H and O–H groups in total. The topological polar surface area (TPSA) is 67.6 Å². The third-order valence-electron chi connectivity index (χ3n) is 6.54. The zero-order valence-electron chi connectivity index (χ0n) is 17.2. The molecule has 0 radical (unpaired) electrons. The molecule has 0 spiro atoms. The van der Waals surface area contributed by atoms with Crippen LogP contribution in [0.2, 0.25) is 5.02 Å². The number of aromatic nitrogens is 3. The van der Waals surface area contributed by atoms with Crippen LogP contribution < -0.4 is 0 Å². The molecule has 2 unspecified atom stereocenters. The Kier molecular flexibility index (Phi) is 4.61. The molecule has 6 rings (SSSR count). The van der Waals surface area contributed by atoms with Crippen LogP contribution in [0.3, 0.4) is 0 Å². The minimum atomic E-state index is -3.65. The normalized spacial score (nSPS) is 20.9. The van der Waals surface area contributed by atoms with Crippen LogP contribution in [0.15, 0.2) is 71.8 Å². The number of hydrogen-bond donors (Lipinski definition) is 0. The minimum Gasteiger partial charge on any atom is -0.237 e. The molecular weight excluding hydrogens is 444 g/mol.